The Hall–Kier alpha value is -2.31. The Morgan fingerprint density at radius 2 is 1.90 bits per heavy atom. The van der Waals surface area contributed by atoms with Crippen molar-refractivity contribution in [2.75, 3.05) is 5.32 Å². The number of carbonyl (C=O) groups is 1. The van der Waals surface area contributed by atoms with Crippen molar-refractivity contribution in [3.05, 3.63) is 36.5 Å². The SMILES string of the molecule is CC(Nc1ccnc2ccccc12)(C(=O)O)C(F)(F)F. The zero-order valence-corrected chi connectivity index (χ0v) is 10.4. The molecule has 106 valence electrons. The molecule has 1 unspecified atom stereocenters. The molecule has 0 spiro atoms. The maximum atomic E-state index is 13.0. The number of pyridine rings is 1. The number of aromatic nitrogens is 1. The minimum absolute atomic E-state index is 0.0674. The number of benzene rings is 1. The van der Waals surface area contributed by atoms with E-state index in [-0.39, 0.29) is 5.69 Å². The second-order valence-corrected chi connectivity index (χ2v) is 4.43. The van der Waals surface area contributed by atoms with Gasteiger partial charge in [0.1, 0.15) is 0 Å². The van der Waals surface area contributed by atoms with E-state index in [0.29, 0.717) is 17.8 Å². The van der Waals surface area contributed by atoms with Crippen LogP contribution in [0, 0.1) is 0 Å². The highest BCUT2D eigenvalue weighted by molar-refractivity contribution is 5.94. The fourth-order valence-electron chi connectivity index (χ4n) is 1.72. The summed E-state index contributed by atoms with van der Waals surface area (Å²) in [5, 5.41) is 11.4. The lowest BCUT2D eigenvalue weighted by molar-refractivity contribution is -0.192. The molecule has 0 saturated heterocycles. The molecule has 1 aromatic heterocycles. The first-order chi connectivity index (χ1) is 9.25. The molecule has 2 N–H and O–H groups in total. The van der Waals surface area contributed by atoms with Gasteiger partial charge in [0, 0.05) is 17.3 Å². The van der Waals surface area contributed by atoms with Crippen LogP contribution in [0.2, 0.25) is 0 Å². The lowest BCUT2D eigenvalue weighted by Gasteiger charge is -2.30. The number of carboxylic acids is 1. The quantitative estimate of drug-likeness (QED) is 0.909. The number of hydrogen-bond acceptors (Lipinski definition) is 3. The summed E-state index contributed by atoms with van der Waals surface area (Å²) >= 11 is 0. The van der Waals surface area contributed by atoms with Crippen LogP contribution in [0.25, 0.3) is 10.9 Å². The minimum Gasteiger partial charge on any atom is -0.479 e. The Labute approximate surface area is 112 Å². The molecule has 0 bridgehead atoms. The Kier molecular flexibility index (Phi) is 3.29. The maximum absolute atomic E-state index is 13.0. The van der Waals surface area contributed by atoms with E-state index in [0.717, 1.165) is 0 Å². The number of aliphatic carboxylic acids is 1. The number of halogens is 3. The van der Waals surface area contributed by atoms with Crippen LogP contribution in [0.3, 0.4) is 0 Å². The predicted octanol–water partition coefficient (Wildman–Crippen LogP) is 3.05. The third-order valence-electron chi connectivity index (χ3n) is 3.03. The third-order valence-corrected chi connectivity index (χ3v) is 3.03. The van der Waals surface area contributed by atoms with Gasteiger partial charge < -0.3 is 10.4 Å². The molecule has 0 amide bonds. The van der Waals surface area contributed by atoms with Crippen molar-refractivity contribution in [3.63, 3.8) is 0 Å². The molecular formula is C13H11F3N2O2. The zero-order chi connectivity index (χ0) is 15.0. The summed E-state index contributed by atoms with van der Waals surface area (Å²) in [4.78, 5) is 15.0. The molecule has 0 aliphatic carbocycles. The summed E-state index contributed by atoms with van der Waals surface area (Å²) in [6.45, 7) is 0.588. The molecule has 1 heterocycles. The Morgan fingerprint density at radius 1 is 1.25 bits per heavy atom. The number of alkyl halides is 3. The van der Waals surface area contributed by atoms with Crippen molar-refractivity contribution >= 4 is 22.6 Å². The molecule has 0 aliphatic heterocycles. The van der Waals surface area contributed by atoms with Gasteiger partial charge in [-0.15, -0.1) is 0 Å². The fraction of sp³-hybridized carbons (Fsp3) is 0.231. The van der Waals surface area contributed by atoms with Crippen molar-refractivity contribution < 1.29 is 23.1 Å². The number of fused-ring (bicyclic) bond motifs is 1. The van der Waals surface area contributed by atoms with E-state index in [1.807, 2.05) is 0 Å². The number of para-hydroxylation sites is 1. The number of hydrogen-bond donors (Lipinski definition) is 2. The normalized spacial score (nSPS) is 14.8. The van der Waals surface area contributed by atoms with Crippen LogP contribution < -0.4 is 5.32 Å². The van der Waals surface area contributed by atoms with Gasteiger partial charge in [0.05, 0.1) is 5.52 Å². The summed E-state index contributed by atoms with van der Waals surface area (Å²) in [6, 6.07) is 7.85. The summed E-state index contributed by atoms with van der Waals surface area (Å²) in [5.74, 6) is -1.99. The molecule has 7 heteroatoms. The van der Waals surface area contributed by atoms with Crippen molar-refractivity contribution in [1.29, 1.82) is 0 Å². The third kappa shape index (κ3) is 2.26. The summed E-state index contributed by atoms with van der Waals surface area (Å²) in [7, 11) is 0. The van der Waals surface area contributed by atoms with Crippen LogP contribution in [0.5, 0.6) is 0 Å². The second-order valence-electron chi connectivity index (χ2n) is 4.43. The summed E-state index contributed by atoms with van der Waals surface area (Å²) in [5.41, 5.74) is -2.53. The highest BCUT2D eigenvalue weighted by Crippen LogP contribution is 2.35. The van der Waals surface area contributed by atoms with E-state index in [9.17, 15) is 18.0 Å². The van der Waals surface area contributed by atoms with Crippen molar-refractivity contribution in [1.82, 2.24) is 4.98 Å². The van der Waals surface area contributed by atoms with E-state index in [4.69, 9.17) is 5.11 Å². The number of anilines is 1. The number of nitrogens with one attached hydrogen (secondary N) is 1. The topological polar surface area (TPSA) is 62.2 Å². The van der Waals surface area contributed by atoms with Gasteiger partial charge in [-0.1, -0.05) is 18.2 Å². The van der Waals surface area contributed by atoms with Gasteiger partial charge in [-0.25, -0.2) is 4.79 Å². The number of carboxylic acid groups (broad SMARTS) is 1. The molecule has 2 aromatic rings. The summed E-state index contributed by atoms with van der Waals surface area (Å²) in [6.07, 6.45) is -3.62. The molecule has 0 aliphatic rings. The van der Waals surface area contributed by atoms with Crippen molar-refractivity contribution in [2.45, 2.75) is 18.6 Å². The van der Waals surface area contributed by atoms with E-state index < -0.39 is 17.7 Å². The number of nitrogens with zero attached hydrogens (tertiary/aromatic N) is 1. The molecule has 20 heavy (non-hydrogen) atoms. The smallest absolute Gasteiger partial charge is 0.422 e. The van der Waals surface area contributed by atoms with Gasteiger partial charge >= 0.3 is 12.1 Å². The molecule has 2 rings (SSSR count). The van der Waals surface area contributed by atoms with Gasteiger partial charge in [-0.3, -0.25) is 4.98 Å². The fourth-order valence-corrected chi connectivity index (χ4v) is 1.72. The first-order valence-corrected chi connectivity index (χ1v) is 5.68. The molecule has 0 saturated carbocycles. The molecule has 0 fully saturated rings. The van der Waals surface area contributed by atoms with Crippen molar-refractivity contribution in [2.24, 2.45) is 0 Å². The molecular weight excluding hydrogens is 273 g/mol. The highest BCUT2D eigenvalue weighted by Gasteiger charge is 2.57. The van der Waals surface area contributed by atoms with Crippen LogP contribution in [0.15, 0.2) is 36.5 Å². The lowest BCUT2D eigenvalue weighted by atomic mass is 10.0. The molecule has 0 radical (unpaired) electrons. The van der Waals surface area contributed by atoms with Gasteiger partial charge in [0.25, 0.3) is 0 Å². The molecule has 4 nitrogen and oxygen atoms in total. The van der Waals surface area contributed by atoms with Gasteiger partial charge in [-0.05, 0) is 19.1 Å². The van der Waals surface area contributed by atoms with Crippen LogP contribution in [0.1, 0.15) is 6.92 Å². The monoisotopic (exact) mass is 284 g/mol. The van der Waals surface area contributed by atoms with E-state index in [1.54, 1.807) is 24.3 Å². The van der Waals surface area contributed by atoms with E-state index in [2.05, 4.69) is 10.3 Å². The minimum atomic E-state index is -4.94. The van der Waals surface area contributed by atoms with Gasteiger partial charge in [0.2, 0.25) is 5.54 Å². The summed E-state index contributed by atoms with van der Waals surface area (Å²) < 4.78 is 38.9. The van der Waals surface area contributed by atoms with E-state index >= 15 is 0 Å². The Balaban J connectivity index is 2.53. The standard InChI is InChI=1S/C13H11F3N2O2/c1-12(11(19)20,13(14,15)16)18-10-6-7-17-9-5-3-2-4-8(9)10/h2-7H,1H3,(H,17,18)(H,19,20). The largest absolute Gasteiger partial charge is 0.479 e. The van der Waals surface area contributed by atoms with Crippen LogP contribution >= 0.6 is 0 Å². The maximum Gasteiger partial charge on any atom is 0.422 e. The predicted molar refractivity (Wildman–Crippen MR) is 67.5 cm³/mol. The average Bonchev–Trinajstić information content (AvgIpc) is 2.37. The first-order valence-electron chi connectivity index (χ1n) is 5.68. The van der Waals surface area contributed by atoms with Gasteiger partial charge in [-0.2, -0.15) is 13.2 Å². The van der Waals surface area contributed by atoms with Crippen molar-refractivity contribution in [3.8, 4) is 0 Å². The Morgan fingerprint density at radius 3 is 2.50 bits per heavy atom. The van der Waals surface area contributed by atoms with Crippen LogP contribution in [-0.2, 0) is 4.79 Å². The zero-order valence-electron chi connectivity index (χ0n) is 10.4. The second kappa shape index (κ2) is 4.66. The van der Waals surface area contributed by atoms with E-state index in [1.165, 1.54) is 12.3 Å². The average molecular weight is 284 g/mol. The highest BCUT2D eigenvalue weighted by atomic mass is 19.4. The van der Waals surface area contributed by atoms with Crippen LogP contribution in [0.4, 0.5) is 18.9 Å². The Bertz CT molecular complexity index is 652. The molecule has 1 atom stereocenters. The van der Waals surface area contributed by atoms with Crippen LogP contribution in [-0.4, -0.2) is 27.8 Å². The first kappa shape index (κ1) is 14.1. The van der Waals surface area contributed by atoms with Gasteiger partial charge in [0.15, 0.2) is 0 Å². The number of rotatable bonds is 3. The lowest BCUT2D eigenvalue weighted by Crippen LogP contribution is -2.55. The molecule has 1 aromatic carbocycles.